The Bertz CT molecular complexity index is 938. The van der Waals surface area contributed by atoms with Crippen molar-refractivity contribution in [2.75, 3.05) is 5.75 Å². The van der Waals surface area contributed by atoms with Gasteiger partial charge < -0.3 is 5.32 Å². The van der Waals surface area contributed by atoms with E-state index in [1.165, 1.54) is 29.5 Å². The number of benzene rings is 2. The highest BCUT2D eigenvalue weighted by molar-refractivity contribution is 7.99. The lowest BCUT2D eigenvalue weighted by Gasteiger charge is -2.25. The van der Waals surface area contributed by atoms with E-state index in [-0.39, 0.29) is 23.6 Å². The summed E-state index contributed by atoms with van der Waals surface area (Å²) in [5.41, 5.74) is 0.812. The Morgan fingerprint density at radius 3 is 2.88 bits per heavy atom. The van der Waals surface area contributed by atoms with Gasteiger partial charge in [-0.2, -0.15) is 0 Å². The van der Waals surface area contributed by atoms with E-state index in [0.29, 0.717) is 10.3 Å². The first-order chi connectivity index (χ1) is 11.6. The van der Waals surface area contributed by atoms with E-state index in [0.717, 1.165) is 27.3 Å². The Morgan fingerprint density at radius 1 is 1.17 bits per heavy atom. The van der Waals surface area contributed by atoms with Crippen molar-refractivity contribution < 1.29 is 13.6 Å². The van der Waals surface area contributed by atoms with E-state index in [1.807, 2.05) is 0 Å². The summed E-state index contributed by atoms with van der Waals surface area (Å²) in [5.74, 6) is -0.0172. The molecule has 0 radical (unpaired) electrons. The lowest BCUT2D eigenvalue weighted by molar-refractivity contribution is 0.0939. The number of thioether (sulfide) groups is 1. The van der Waals surface area contributed by atoms with Crippen molar-refractivity contribution in [3.8, 4) is 0 Å². The quantitative estimate of drug-likeness (QED) is 0.684. The molecular weight excluding hydrogens is 348 g/mol. The van der Waals surface area contributed by atoms with Crippen molar-refractivity contribution in [1.29, 1.82) is 0 Å². The second kappa shape index (κ2) is 6.18. The molecule has 0 fully saturated rings. The van der Waals surface area contributed by atoms with Gasteiger partial charge in [0.05, 0.1) is 10.9 Å². The fourth-order valence-electron chi connectivity index (χ4n) is 2.88. The van der Waals surface area contributed by atoms with Crippen LogP contribution in [-0.4, -0.2) is 11.7 Å². The Labute approximate surface area is 145 Å². The molecule has 0 aliphatic carbocycles. The standard InChI is InChI=1S/C18H13F2NOS2/c19-10-4-5-15-12(8-10)14(6-7-23-15)21-18(22)17-9-11-13(20)2-1-3-16(11)24-17/h1-5,8-9,14H,6-7H2,(H,21,22). The number of hydrogen-bond acceptors (Lipinski definition) is 3. The van der Waals surface area contributed by atoms with Gasteiger partial charge in [-0.3, -0.25) is 4.79 Å². The van der Waals surface area contributed by atoms with Crippen LogP contribution in [0.2, 0.25) is 0 Å². The molecule has 0 saturated heterocycles. The molecule has 1 N–H and O–H groups in total. The second-order valence-corrected chi connectivity index (χ2v) is 7.83. The van der Waals surface area contributed by atoms with E-state index < -0.39 is 0 Å². The van der Waals surface area contributed by atoms with Gasteiger partial charge >= 0.3 is 0 Å². The van der Waals surface area contributed by atoms with E-state index in [1.54, 1.807) is 36.0 Å². The number of hydrogen-bond donors (Lipinski definition) is 1. The van der Waals surface area contributed by atoms with Crippen molar-refractivity contribution in [2.24, 2.45) is 0 Å². The largest absolute Gasteiger partial charge is 0.344 e. The summed E-state index contributed by atoms with van der Waals surface area (Å²) >= 11 is 2.93. The van der Waals surface area contributed by atoms with Crippen molar-refractivity contribution in [3.63, 3.8) is 0 Å². The Hall–Kier alpha value is -1.92. The predicted molar refractivity (Wildman–Crippen MR) is 93.7 cm³/mol. The number of fused-ring (bicyclic) bond motifs is 2. The molecule has 1 unspecified atom stereocenters. The Kier molecular flexibility index (Phi) is 4.02. The summed E-state index contributed by atoms with van der Waals surface area (Å²) in [6.45, 7) is 0. The molecule has 3 aromatic rings. The highest BCUT2D eigenvalue weighted by Crippen LogP contribution is 2.37. The fraction of sp³-hybridized carbons (Fsp3) is 0.167. The van der Waals surface area contributed by atoms with Gasteiger partial charge in [-0.1, -0.05) is 6.07 Å². The van der Waals surface area contributed by atoms with Gasteiger partial charge in [0, 0.05) is 20.7 Å². The number of carbonyl (C=O) groups excluding carboxylic acids is 1. The SMILES string of the molecule is O=C(NC1CCSc2ccc(F)cc21)c1cc2c(F)cccc2s1. The summed E-state index contributed by atoms with van der Waals surface area (Å²) in [5, 5.41) is 3.42. The van der Waals surface area contributed by atoms with Crippen LogP contribution in [0.25, 0.3) is 10.1 Å². The average molecular weight is 361 g/mol. The van der Waals surface area contributed by atoms with Gasteiger partial charge in [0.2, 0.25) is 0 Å². The van der Waals surface area contributed by atoms with Crippen LogP contribution in [0.4, 0.5) is 8.78 Å². The van der Waals surface area contributed by atoms with Crippen molar-refractivity contribution in [1.82, 2.24) is 5.32 Å². The third-order valence-corrected chi connectivity index (χ3v) is 6.27. The van der Waals surface area contributed by atoms with Crippen LogP contribution in [0.5, 0.6) is 0 Å². The normalized spacial score (nSPS) is 16.8. The molecule has 0 spiro atoms. The van der Waals surface area contributed by atoms with Crippen LogP contribution < -0.4 is 5.32 Å². The Morgan fingerprint density at radius 2 is 2.04 bits per heavy atom. The zero-order chi connectivity index (χ0) is 16.7. The van der Waals surface area contributed by atoms with E-state index in [4.69, 9.17) is 0 Å². The molecule has 0 saturated carbocycles. The van der Waals surface area contributed by atoms with Crippen LogP contribution in [0.1, 0.15) is 27.7 Å². The maximum absolute atomic E-state index is 13.8. The number of amides is 1. The minimum Gasteiger partial charge on any atom is -0.344 e. The lowest BCUT2D eigenvalue weighted by atomic mass is 10.0. The topological polar surface area (TPSA) is 29.1 Å². The van der Waals surface area contributed by atoms with Gasteiger partial charge in [0.15, 0.2) is 0 Å². The molecule has 0 bridgehead atoms. The van der Waals surface area contributed by atoms with Crippen molar-refractivity contribution in [2.45, 2.75) is 17.4 Å². The monoisotopic (exact) mass is 361 g/mol. The molecule has 6 heteroatoms. The van der Waals surface area contributed by atoms with Gasteiger partial charge in [0.1, 0.15) is 11.6 Å². The first-order valence-electron chi connectivity index (χ1n) is 7.53. The molecule has 1 aliphatic rings. The molecule has 1 aliphatic heterocycles. The zero-order valence-electron chi connectivity index (χ0n) is 12.5. The predicted octanol–water partition coefficient (Wildman–Crippen LogP) is 5.15. The first kappa shape index (κ1) is 15.6. The zero-order valence-corrected chi connectivity index (χ0v) is 14.1. The van der Waals surface area contributed by atoms with E-state index >= 15 is 0 Å². The summed E-state index contributed by atoms with van der Waals surface area (Å²) in [6, 6.07) is 10.8. The number of rotatable bonds is 2. The van der Waals surface area contributed by atoms with Crippen molar-refractivity contribution >= 4 is 39.1 Å². The van der Waals surface area contributed by atoms with Gasteiger partial charge in [0.25, 0.3) is 5.91 Å². The number of carbonyl (C=O) groups is 1. The first-order valence-corrected chi connectivity index (χ1v) is 9.33. The summed E-state index contributed by atoms with van der Waals surface area (Å²) < 4.78 is 28.1. The van der Waals surface area contributed by atoms with Gasteiger partial charge in [-0.05, 0) is 48.4 Å². The molecule has 122 valence electrons. The Balaban J connectivity index is 1.62. The maximum atomic E-state index is 13.8. The molecule has 24 heavy (non-hydrogen) atoms. The molecule has 4 rings (SSSR count). The van der Waals surface area contributed by atoms with Crippen LogP contribution in [0.3, 0.4) is 0 Å². The van der Waals surface area contributed by atoms with Crippen LogP contribution >= 0.6 is 23.1 Å². The highest BCUT2D eigenvalue weighted by atomic mass is 32.2. The van der Waals surface area contributed by atoms with E-state index in [2.05, 4.69) is 5.32 Å². The third kappa shape index (κ3) is 2.80. The number of nitrogens with one attached hydrogen (secondary N) is 1. The lowest BCUT2D eigenvalue weighted by Crippen LogP contribution is -2.30. The molecule has 2 aromatic carbocycles. The minimum atomic E-state index is -0.329. The van der Waals surface area contributed by atoms with Crippen LogP contribution in [0.15, 0.2) is 47.4 Å². The summed E-state index contributed by atoms with van der Waals surface area (Å²) in [6.07, 6.45) is 0.742. The molecule has 1 aromatic heterocycles. The molecule has 2 nitrogen and oxygen atoms in total. The van der Waals surface area contributed by atoms with E-state index in [9.17, 15) is 13.6 Å². The fourth-order valence-corrected chi connectivity index (χ4v) is 4.97. The highest BCUT2D eigenvalue weighted by Gasteiger charge is 2.24. The van der Waals surface area contributed by atoms with Gasteiger partial charge in [-0.25, -0.2) is 8.78 Å². The second-order valence-electron chi connectivity index (χ2n) is 5.61. The van der Waals surface area contributed by atoms with Crippen molar-refractivity contribution in [3.05, 3.63) is 64.5 Å². The maximum Gasteiger partial charge on any atom is 0.261 e. The minimum absolute atomic E-state index is 0.223. The van der Waals surface area contributed by atoms with Gasteiger partial charge in [-0.15, -0.1) is 23.1 Å². The molecular formula is C18H13F2NOS2. The third-order valence-electron chi connectivity index (χ3n) is 4.05. The van der Waals surface area contributed by atoms with Crippen LogP contribution in [0, 0.1) is 11.6 Å². The average Bonchev–Trinajstić information content (AvgIpc) is 3.01. The summed E-state index contributed by atoms with van der Waals surface area (Å²) in [4.78, 5) is 14.0. The number of thiophene rings is 1. The molecule has 1 amide bonds. The van der Waals surface area contributed by atoms with Crippen LogP contribution in [-0.2, 0) is 0 Å². The number of halogens is 2. The molecule has 2 heterocycles. The molecule has 1 atom stereocenters. The summed E-state index contributed by atoms with van der Waals surface area (Å²) in [7, 11) is 0. The smallest absolute Gasteiger partial charge is 0.261 e.